The number of hydrogen-bond acceptors (Lipinski definition) is 2. The molecule has 118 valence electrons. The van der Waals surface area contributed by atoms with Crippen molar-refractivity contribution in [1.29, 1.82) is 0 Å². The molecule has 2 atom stereocenters. The second-order valence-corrected chi connectivity index (χ2v) is 6.96. The maximum absolute atomic E-state index is 13.1. The molecule has 1 aromatic carbocycles. The normalized spacial score (nSPS) is 21.2. The summed E-state index contributed by atoms with van der Waals surface area (Å²) in [5, 5.41) is 1.06. The molecule has 1 fully saturated rings. The van der Waals surface area contributed by atoms with E-state index in [1.807, 2.05) is 6.92 Å². The molecule has 0 radical (unpaired) electrons. The highest BCUT2D eigenvalue weighted by molar-refractivity contribution is 6.11. The van der Waals surface area contributed by atoms with Crippen molar-refractivity contribution in [2.24, 2.45) is 5.92 Å². The third kappa shape index (κ3) is 2.70. The molecule has 22 heavy (non-hydrogen) atoms. The number of benzene rings is 1. The summed E-state index contributed by atoms with van der Waals surface area (Å²) >= 11 is 0. The number of nitrogens with zero attached hydrogens (tertiary/aromatic N) is 1. The van der Waals surface area contributed by atoms with Crippen LogP contribution in [0.25, 0.3) is 10.9 Å². The van der Waals surface area contributed by atoms with Crippen LogP contribution in [0.2, 0.25) is 0 Å². The zero-order chi connectivity index (χ0) is 15.9. The fourth-order valence-corrected chi connectivity index (χ4v) is 3.72. The first-order chi connectivity index (χ1) is 10.5. The van der Waals surface area contributed by atoms with Crippen LogP contribution in [0.15, 0.2) is 18.2 Å². The molecule has 3 heteroatoms. The van der Waals surface area contributed by atoms with Crippen molar-refractivity contribution in [2.45, 2.75) is 46.6 Å². The zero-order valence-corrected chi connectivity index (χ0v) is 14.1. The van der Waals surface area contributed by atoms with E-state index in [0.717, 1.165) is 35.2 Å². The van der Waals surface area contributed by atoms with E-state index in [-0.39, 0.29) is 11.8 Å². The summed E-state index contributed by atoms with van der Waals surface area (Å²) in [6.07, 6.45) is 2.48. The number of nitrogens with one attached hydrogen (secondary N) is 1. The Labute approximate surface area is 132 Å². The third-order valence-corrected chi connectivity index (χ3v) is 5.00. The summed E-state index contributed by atoms with van der Waals surface area (Å²) in [5.74, 6) is 0.942. The molecule has 1 aromatic heterocycles. The molecular weight excluding hydrogens is 272 g/mol. The minimum absolute atomic E-state index is 0.0400. The van der Waals surface area contributed by atoms with Crippen LogP contribution in [0.1, 0.15) is 48.3 Å². The minimum Gasteiger partial charge on any atom is -0.358 e. The number of hydrogen-bond donors (Lipinski definition) is 1. The highest BCUT2D eigenvalue weighted by Crippen LogP contribution is 2.27. The van der Waals surface area contributed by atoms with Gasteiger partial charge in [0.05, 0.1) is 6.04 Å². The number of fused-ring (bicyclic) bond motifs is 1. The van der Waals surface area contributed by atoms with Crippen LogP contribution in [-0.2, 0) is 0 Å². The van der Waals surface area contributed by atoms with Gasteiger partial charge in [0.15, 0.2) is 5.78 Å². The number of ketones is 1. The summed E-state index contributed by atoms with van der Waals surface area (Å²) in [4.78, 5) is 18.8. The van der Waals surface area contributed by atoms with Gasteiger partial charge in [-0.05, 0) is 57.7 Å². The Morgan fingerprint density at radius 2 is 2.14 bits per heavy atom. The molecule has 2 heterocycles. The quantitative estimate of drug-likeness (QED) is 0.866. The molecule has 0 unspecified atom stereocenters. The van der Waals surface area contributed by atoms with E-state index >= 15 is 0 Å². The molecule has 1 aliphatic rings. The first-order valence-electron chi connectivity index (χ1n) is 8.34. The lowest BCUT2D eigenvalue weighted by atomic mass is 9.95. The lowest BCUT2D eigenvalue weighted by molar-refractivity contribution is 0.0766. The molecule has 0 amide bonds. The monoisotopic (exact) mass is 298 g/mol. The fraction of sp³-hybridized carbons (Fsp3) is 0.526. The second-order valence-electron chi connectivity index (χ2n) is 6.96. The molecule has 0 aliphatic carbocycles. The van der Waals surface area contributed by atoms with Gasteiger partial charge in [-0.25, -0.2) is 0 Å². The van der Waals surface area contributed by atoms with Crippen molar-refractivity contribution in [3.8, 4) is 0 Å². The molecule has 0 bridgehead atoms. The summed E-state index contributed by atoms with van der Waals surface area (Å²) in [7, 11) is 0. The molecule has 1 aliphatic heterocycles. The molecule has 3 nitrogen and oxygen atoms in total. The minimum atomic E-state index is -0.0400. The lowest BCUT2D eigenvalue weighted by Gasteiger charge is -2.34. The van der Waals surface area contributed by atoms with Gasteiger partial charge in [-0.2, -0.15) is 0 Å². The van der Waals surface area contributed by atoms with Crippen LogP contribution in [0.3, 0.4) is 0 Å². The van der Waals surface area contributed by atoms with Gasteiger partial charge in [-0.3, -0.25) is 9.69 Å². The highest BCUT2D eigenvalue weighted by atomic mass is 16.1. The number of carbonyl (C=O) groups excluding carboxylic acids is 1. The van der Waals surface area contributed by atoms with Crippen LogP contribution in [0, 0.1) is 19.8 Å². The number of carbonyl (C=O) groups is 1. The van der Waals surface area contributed by atoms with Gasteiger partial charge in [0.2, 0.25) is 0 Å². The highest BCUT2D eigenvalue weighted by Gasteiger charge is 2.28. The predicted molar refractivity (Wildman–Crippen MR) is 91.5 cm³/mol. The molecule has 2 aromatic rings. The van der Waals surface area contributed by atoms with Gasteiger partial charge >= 0.3 is 0 Å². The van der Waals surface area contributed by atoms with Crippen molar-refractivity contribution in [2.75, 3.05) is 13.1 Å². The maximum Gasteiger partial charge on any atom is 0.182 e. The summed E-state index contributed by atoms with van der Waals surface area (Å²) in [6, 6.07) is 6.24. The van der Waals surface area contributed by atoms with Crippen molar-refractivity contribution < 1.29 is 4.79 Å². The fourth-order valence-electron chi connectivity index (χ4n) is 3.72. The molecule has 3 rings (SSSR count). The Kier molecular flexibility index (Phi) is 4.09. The van der Waals surface area contributed by atoms with E-state index in [1.165, 1.54) is 18.4 Å². The van der Waals surface area contributed by atoms with Crippen molar-refractivity contribution in [3.63, 3.8) is 0 Å². The van der Waals surface area contributed by atoms with Crippen LogP contribution < -0.4 is 0 Å². The van der Waals surface area contributed by atoms with Crippen molar-refractivity contribution in [1.82, 2.24) is 9.88 Å². The van der Waals surface area contributed by atoms with Crippen LogP contribution >= 0.6 is 0 Å². The Balaban J connectivity index is 1.93. The first-order valence-corrected chi connectivity index (χ1v) is 8.34. The van der Waals surface area contributed by atoms with Gasteiger partial charge in [-0.15, -0.1) is 0 Å². The van der Waals surface area contributed by atoms with E-state index in [1.54, 1.807) is 0 Å². The SMILES string of the molecule is Cc1ccc2c(C(=O)[C@@H](C)N3CCC[C@@H](C)C3)c(C)[nH]c2c1. The van der Waals surface area contributed by atoms with E-state index in [9.17, 15) is 4.79 Å². The summed E-state index contributed by atoms with van der Waals surface area (Å²) in [6.45, 7) is 10.5. The molecule has 0 saturated carbocycles. The number of H-pyrrole nitrogens is 1. The van der Waals surface area contributed by atoms with Crippen molar-refractivity contribution >= 4 is 16.7 Å². The van der Waals surface area contributed by atoms with Crippen molar-refractivity contribution in [3.05, 3.63) is 35.0 Å². The molecular formula is C19H26N2O. The Bertz CT molecular complexity index is 701. The second kappa shape index (κ2) is 5.88. The van der Waals surface area contributed by atoms with Crippen LogP contribution in [0.5, 0.6) is 0 Å². The standard InChI is InChI=1S/C19H26N2O/c1-12-7-8-16-17(10-12)20-14(3)18(16)19(22)15(4)21-9-5-6-13(2)11-21/h7-8,10,13,15,20H,5-6,9,11H2,1-4H3/t13-,15-/m1/s1. The smallest absolute Gasteiger partial charge is 0.182 e. The lowest BCUT2D eigenvalue weighted by Crippen LogP contribution is -2.44. The summed E-state index contributed by atoms with van der Waals surface area (Å²) < 4.78 is 0. The van der Waals surface area contributed by atoms with E-state index < -0.39 is 0 Å². The topological polar surface area (TPSA) is 36.1 Å². The van der Waals surface area contributed by atoms with Gasteiger partial charge in [-0.1, -0.05) is 19.1 Å². The van der Waals surface area contributed by atoms with E-state index in [2.05, 4.69) is 48.9 Å². The Morgan fingerprint density at radius 3 is 2.86 bits per heavy atom. The predicted octanol–water partition coefficient (Wildman–Crippen LogP) is 4.09. The number of Topliss-reactive ketones (excluding diaryl/α,β-unsaturated/α-hetero) is 1. The van der Waals surface area contributed by atoms with Crippen LogP contribution in [0.4, 0.5) is 0 Å². The average Bonchev–Trinajstić information content (AvgIpc) is 2.80. The third-order valence-electron chi connectivity index (χ3n) is 5.00. The number of aromatic amines is 1. The molecule has 1 N–H and O–H groups in total. The van der Waals surface area contributed by atoms with Gasteiger partial charge in [0.25, 0.3) is 0 Å². The van der Waals surface area contributed by atoms with E-state index in [4.69, 9.17) is 0 Å². The van der Waals surface area contributed by atoms with E-state index in [0.29, 0.717) is 5.92 Å². The Morgan fingerprint density at radius 1 is 1.36 bits per heavy atom. The number of rotatable bonds is 3. The first kappa shape index (κ1) is 15.3. The van der Waals surface area contributed by atoms with Gasteiger partial charge < -0.3 is 4.98 Å². The largest absolute Gasteiger partial charge is 0.358 e. The number of aromatic nitrogens is 1. The number of likely N-dealkylation sites (tertiary alicyclic amines) is 1. The summed E-state index contributed by atoms with van der Waals surface area (Å²) in [5.41, 5.74) is 4.15. The van der Waals surface area contributed by atoms with Gasteiger partial charge in [0, 0.05) is 28.7 Å². The van der Waals surface area contributed by atoms with Gasteiger partial charge in [0.1, 0.15) is 0 Å². The Hall–Kier alpha value is -1.61. The average molecular weight is 298 g/mol. The number of aryl methyl sites for hydroxylation is 2. The number of piperidine rings is 1. The maximum atomic E-state index is 13.1. The van der Waals surface area contributed by atoms with Crippen LogP contribution in [-0.4, -0.2) is 34.8 Å². The molecule has 0 spiro atoms. The zero-order valence-electron chi connectivity index (χ0n) is 14.1. The molecule has 1 saturated heterocycles.